The zero-order valence-corrected chi connectivity index (χ0v) is 15.3. The molecule has 2 aliphatic heterocycles. The van der Waals surface area contributed by atoms with Gasteiger partial charge in [0.15, 0.2) is 0 Å². The highest BCUT2D eigenvalue weighted by Crippen LogP contribution is 2.41. The largest absolute Gasteiger partial charge is 0.338 e. The van der Waals surface area contributed by atoms with Crippen molar-refractivity contribution in [3.05, 3.63) is 29.9 Å². The van der Waals surface area contributed by atoms with Crippen LogP contribution in [0, 0.1) is 5.41 Å². The summed E-state index contributed by atoms with van der Waals surface area (Å²) in [4.78, 5) is 21.2. The van der Waals surface area contributed by atoms with Gasteiger partial charge in [0.25, 0.3) is 0 Å². The lowest BCUT2D eigenvalue weighted by molar-refractivity contribution is -0.127. The fourth-order valence-corrected chi connectivity index (χ4v) is 3.95. The predicted molar refractivity (Wildman–Crippen MR) is 95.5 cm³/mol. The van der Waals surface area contributed by atoms with Gasteiger partial charge in [-0.1, -0.05) is 11.6 Å². The predicted octanol–water partition coefficient (Wildman–Crippen LogP) is 2.68. The number of nitrogens with zero attached hydrogens (tertiary/aromatic N) is 4. The van der Waals surface area contributed by atoms with Crippen molar-refractivity contribution in [3.8, 4) is 0 Å². The first kappa shape index (κ1) is 17.2. The lowest BCUT2D eigenvalue weighted by Gasteiger charge is -2.38. The number of piperidine rings is 1. The third-order valence-corrected chi connectivity index (χ3v) is 5.57. The second-order valence-electron chi connectivity index (χ2n) is 7.68. The average Bonchev–Trinajstić information content (AvgIpc) is 3.12. The minimum absolute atomic E-state index is 0.216. The van der Waals surface area contributed by atoms with Gasteiger partial charge < -0.3 is 9.47 Å². The number of hydrogen-bond donors (Lipinski definition) is 0. The maximum absolute atomic E-state index is 12.4. The molecule has 0 bridgehead atoms. The second kappa shape index (κ2) is 7.09. The van der Waals surface area contributed by atoms with E-state index >= 15 is 0 Å². The van der Waals surface area contributed by atoms with Crippen LogP contribution in [-0.4, -0.2) is 51.4 Å². The Morgan fingerprint density at radius 1 is 1.33 bits per heavy atom. The normalized spacial score (nSPS) is 20.8. The summed E-state index contributed by atoms with van der Waals surface area (Å²) in [6, 6.07) is 0. The van der Waals surface area contributed by atoms with Gasteiger partial charge in [0, 0.05) is 38.8 Å². The van der Waals surface area contributed by atoms with E-state index in [1.165, 1.54) is 11.3 Å². The Balaban J connectivity index is 1.55. The lowest BCUT2D eigenvalue weighted by atomic mass is 9.77. The molecular weight excluding hydrogens is 300 g/mol. The highest BCUT2D eigenvalue weighted by atomic mass is 16.2. The third-order valence-electron chi connectivity index (χ3n) is 5.57. The van der Waals surface area contributed by atoms with E-state index in [1.54, 1.807) is 0 Å². The quantitative estimate of drug-likeness (QED) is 0.780. The maximum atomic E-state index is 12.4. The number of carbonyl (C=O) groups is 1. The fraction of sp³-hybridized carbons (Fsp3) is 0.684. The fourth-order valence-electron chi connectivity index (χ4n) is 3.95. The van der Waals surface area contributed by atoms with Crippen LogP contribution in [0.1, 0.15) is 45.7 Å². The summed E-state index contributed by atoms with van der Waals surface area (Å²) in [5, 5.41) is 0. The first-order chi connectivity index (χ1) is 11.5. The Morgan fingerprint density at radius 3 is 2.75 bits per heavy atom. The molecule has 132 valence electrons. The van der Waals surface area contributed by atoms with Crippen LogP contribution < -0.4 is 0 Å². The molecule has 5 nitrogen and oxygen atoms in total. The smallest absolute Gasteiger partial charge is 0.223 e. The molecule has 3 rings (SSSR count). The molecular formula is C19H30N4O. The van der Waals surface area contributed by atoms with Crippen LogP contribution in [0.2, 0.25) is 0 Å². The standard InChI is InChI=1S/C19H30N4O/c1-4-22-15-20-12-17(22)13-21-9-6-19(7-10-21)11-18(24)23(14-19)8-5-16(2)3/h5,12,15H,4,6-11,13-14H2,1-3H3. The van der Waals surface area contributed by atoms with Crippen molar-refractivity contribution in [1.29, 1.82) is 0 Å². The minimum Gasteiger partial charge on any atom is -0.338 e. The molecule has 1 amide bonds. The second-order valence-corrected chi connectivity index (χ2v) is 7.68. The molecule has 1 spiro atoms. The molecule has 1 aromatic heterocycles. The molecule has 0 radical (unpaired) electrons. The number of amides is 1. The number of allylic oxidation sites excluding steroid dienone is 1. The van der Waals surface area contributed by atoms with E-state index in [0.717, 1.165) is 58.5 Å². The molecule has 24 heavy (non-hydrogen) atoms. The summed E-state index contributed by atoms with van der Waals surface area (Å²) in [7, 11) is 0. The number of likely N-dealkylation sites (tertiary alicyclic amines) is 2. The van der Waals surface area contributed by atoms with Gasteiger partial charge in [-0.05, 0) is 52.1 Å². The van der Waals surface area contributed by atoms with E-state index in [1.807, 2.05) is 12.5 Å². The first-order valence-corrected chi connectivity index (χ1v) is 9.14. The molecule has 3 heterocycles. The summed E-state index contributed by atoms with van der Waals surface area (Å²) < 4.78 is 2.21. The van der Waals surface area contributed by atoms with Crippen molar-refractivity contribution in [3.63, 3.8) is 0 Å². The average molecular weight is 330 g/mol. The highest BCUT2D eigenvalue weighted by molar-refractivity contribution is 5.79. The molecule has 0 aromatic carbocycles. The van der Waals surface area contributed by atoms with Crippen molar-refractivity contribution in [1.82, 2.24) is 19.4 Å². The van der Waals surface area contributed by atoms with E-state index in [2.05, 4.69) is 46.2 Å². The molecule has 2 fully saturated rings. The van der Waals surface area contributed by atoms with Gasteiger partial charge in [0.2, 0.25) is 5.91 Å². The Hall–Kier alpha value is -1.62. The highest BCUT2D eigenvalue weighted by Gasteiger charge is 2.44. The Bertz CT molecular complexity index is 607. The van der Waals surface area contributed by atoms with E-state index < -0.39 is 0 Å². The van der Waals surface area contributed by atoms with Crippen molar-refractivity contribution in [2.45, 2.75) is 53.1 Å². The van der Waals surface area contributed by atoms with Crippen LogP contribution in [0.3, 0.4) is 0 Å². The van der Waals surface area contributed by atoms with Crippen molar-refractivity contribution >= 4 is 5.91 Å². The van der Waals surface area contributed by atoms with Crippen LogP contribution in [0.25, 0.3) is 0 Å². The molecule has 5 heteroatoms. The number of imidazole rings is 1. The van der Waals surface area contributed by atoms with Crippen molar-refractivity contribution in [2.24, 2.45) is 5.41 Å². The van der Waals surface area contributed by atoms with Crippen LogP contribution in [0.15, 0.2) is 24.2 Å². The van der Waals surface area contributed by atoms with Crippen molar-refractivity contribution < 1.29 is 4.79 Å². The van der Waals surface area contributed by atoms with Gasteiger partial charge >= 0.3 is 0 Å². The SMILES string of the molecule is CCn1cncc1CN1CCC2(CC1)CC(=O)N(CC=C(C)C)C2. The van der Waals surface area contributed by atoms with E-state index in [0.29, 0.717) is 5.91 Å². The van der Waals surface area contributed by atoms with E-state index in [-0.39, 0.29) is 5.41 Å². The van der Waals surface area contributed by atoms with Crippen LogP contribution >= 0.6 is 0 Å². The number of hydrogen-bond acceptors (Lipinski definition) is 3. The minimum atomic E-state index is 0.216. The third kappa shape index (κ3) is 3.72. The van der Waals surface area contributed by atoms with E-state index in [9.17, 15) is 4.79 Å². The Labute approximate surface area is 145 Å². The zero-order chi connectivity index (χ0) is 17.2. The van der Waals surface area contributed by atoms with E-state index in [4.69, 9.17) is 0 Å². The van der Waals surface area contributed by atoms with Gasteiger partial charge in [-0.2, -0.15) is 0 Å². The molecule has 0 aliphatic carbocycles. The Kier molecular flexibility index (Phi) is 5.09. The molecule has 0 saturated carbocycles. The monoisotopic (exact) mass is 330 g/mol. The summed E-state index contributed by atoms with van der Waals surface area (Å²) in [6.07, 6.45) is 9.06. The van der Waals surface area contributed by atoms with Gasteiger partial charge in [0.1, 0.15) is 0 Å². The molecule has 0 unspecified atom stereocenters. The number of carbonyl (C=O) groups excluding carboxylic acids is 1. The molecule has 0 atom stereocenters. The summed E-state index contributed by atoms with van der Waals surface area (Å²) >= 11 is 0. The van der Waals surface area contributed by atoms with Gasteiger partial charge in [-0.3, -0.25) is 9.69 Å². The van der Waals surface area contributed by atoms with Crippen LogP contribution in [-0.2, 0) is 17.9 Å². The molecule has 1 aromatic rings. The van der Waals surface area contributed by atoms with Crippen LogP contribution in [0.5, 0.6) is 0 Å². The van der Waals surface area contributed by atoms with Crippen molar-refractivity contribution in [2.75, 3.05) is 26.2 Å². The lowest BCUT2D eigenvalue weighted by Crippen LogP contribution is -2.41. The molecule has 0 N–H and O–H groups in total. The number of aromatic nitrogens is 2. The number of rotatable bonds is 5. The zero-order valence-electron chi connectivity index (χ0n) is 15.3. The molecule has 2 saturated heterocycles. The Morgan fingerprint density at radius 2 is 2.08 bits per heavy atom. The summed E-state index contributed by atoms with van der Waals surface area (Å²) in [6.45, 7) is 12.2. The molecule has 2 aliphatic rings. The first-order valence-electron chi connectivity index (χ1n) is 9.14. The van der Waals surface area contributed by atoms with Gasteiger partial charge in [0.05, 0.1) is 12.0 Å². The summed E-state index contributed by atoms with van der Waals surface area (Å²) in [5.41, 5.74) is 2.79. The van der Waals surface area contributed by atoms with Gasteiger partial charge in [-0.25, -0.2) is 4.98 Å². The maximum Gasteiger partial charge on any atom is 0.223 e. The summed E-state index contributed by atoms with van der Waals surface area (Å²) in [5.74, 6) is 0.338. The number of aryl methyl sites for hydroxylation is 1. The van der Waals surface area contributed by atoms with Crippen LogP contribution in [0.4, 0.5) is 0 Å². The van der Waals surface area contributed by atoms with Gasteiger partial charge in [-0.15, -0.1) is 0 Å². The topological polar surface area (TPSA) is 41.4 Å².